The third kappa shape index (κ3) is 1.99. The maximum atomic E-state index is 9.14. The summed E-state index contributed by atoms with van der Waals surface area (Å²) in [7, 11) is 1.86. The molecule has 0 radical (unpaired) electrons. The van der Waals surface area contributed by atoms with Crippen molar-refractivity contribution in [3.63, 3.8) is 0 Å². The van der Waals surface area contributed by atoms with E-state index in [-0.39, 0.29) is 16.7 Å². The van der Waals surface area contributed by atoms with E-state index in [9.17, 15) is 0 Å². The fraction of sp³-hybridized carbons (Fsp3) is 0.778. The Labute approximate surface area is 148 Å². The summed E-state index contributed by atoms with van der Waals surface area (Å²) in [5, 5.41) is 17.2. The van der Waals surface area contributed by atoms with Crippen molar-refractivity contribution in [3.8, 4) is 0 Å². The van der Waals surface area contributed by atoms with Crippen molar-refractivity contribution in [2.75, 3.05) is 13.2 Å². The number of hydrogen-bond donors (Lipinski definition) is 2. The quantitative estimate of drug-likeness (QED) is 0.350. The van der Waals surface area contributed by atoms with E-state index in [2.05, 4.69) is 25.9 Å². The molecule has 25 heavy (non-hydrogen) atoms. The fourth-order valence-corrected chi connectivity index (χ4v) is 5.84. The van der Waals surface area contributed by atoms with E-state index >= 15 is 0 Å². The highest BCUT2D eigenvalue weighted by Crippen LogP contribution is 2.62. The number of fused-ring (bicyclic) bond motifs is 3. The molecule has 0 aromatic carbocycles. The molecule has 4 rings (SSSR count). The van der Waals surface area contributed by atoms with Crippen molar-refractivity contribution in [3.05, 3.63) is 17.0 Å². The molecule has 1 saturated carbocycles. The molecule has 2 atom stereocenters. The summed E-state index contributed by atoms with van der Waals surface area (Å²) in [5.41, 5.74) is 8.70. The zero-order chi connectivity index (χ0) is 18.0. The van der Waals surface area contributed by atoms with Gasteiger partial charge in [0.15, 0.2) is 11.6 Å². The standard InChI is InChI=1S/C18H28N4O3/c1-16(2)12-6-5-11-13(15(19)21-23)22(4)20-14(11)17(12,3)7-8-18(16)24-9-10-25-18/h12,23H,5-10H2,1-4H3,(H2,19,21)/t12-,17-/m0/s1. The third-order valence-electron chi connectivity index (χ3n) is 7.07. The minimum atomic E-state index is -0.474. The van der Waals surface area contributed by atoms with E-state index in [0.29, 0.717) is 19.1 Å². The van der Waals surface area contributed by atoms with E-state index in [1.165, 1.54) is 0 Å². The smallest absolute Gasteiger partial charge is 0.188 e. The molecule has 0 bridgehead atoms. The Morgan fingerprint density at radius 3 is 2.60 bits per heavy atom. The highest BCUT2D eigenvalue weighted by atomic mass is 16.7. The molecule has 2 fully saturated rings. The summed E-state index contributed by atoms with van der Waals surface area (Å²) >= 11 is 0. The zero-order valence-corrected chi connectivity index (χ0v) is 15.5. The van der Waals surface area contributed by atoms with Gasteiger partial charge in [-0.2, -0.15) is 5.10 Å². The number of oxime groups is 1. The first kappa shape index (κ1) is 16.8. The lowest BCUT2D eigenvalue weighted by Crippen LogP contribution is -2.61. The molecular weight excluding hydrogens is 320 g/mol. The predicted molar refractivity (Wildman–Crippen MR) is 92.5 cm³/mol. The number of rotatable bonds is 1. The molecule has 1 aromatic rings. The van der Waals surface area contributed by atoms with Gasteiger partial charge in [0.2, 0.25) is 0 Å². The zero-order valence-electron chi connectivity index (χ0n) is 15.5. The summed E-state index contributed by atoms with van der Waals surface area (Å²) in [6.07, 6.45) is 3.71. The minimum absolute atomic E-state index is 0.0661. The maximum absolute atomic E-state index is 9.14. The van der Waals surface area contributed by atoms with Gasteiger partial charge < -0.3 is 20.4 Å². The number of amidine groups is 1. The molecule has 0 unspecified atom stereocenters. The molecule has 2 heterocycles. The first-order valence-corrected chi connectivity index (χ1v) is 9.09. The van der Waals surface area contributed by atoms with Gasteiger partial charge in [0.1, 0.15) is 5.69 Å². The number of hydrogen-bond acceptors (Lipinski definition) is 5. The van der Waals surface area contributed by atoms with Crippen molar-refractivity contribution < 1.29 is 14.7 Å². The Morgan fingerprint density at radius 2 is 1.96 bits per heavy atom. The van der Waals surface area contributed by atoms with Crippen molar-refractivity contribution in [2.45, 2.75) is 57.7 Å². The van der Waals surface area contributed by atoms with Crippen molar-refractivity contribution in [1.82, 2.24) is 9.78 Å². The van der Waals surface area contributed by atoms with Gasteiger partial charge in [-0.15, -0.1) is 0 Å². The van der Waals surface area contributed by atoms with E-state index in [4.69, 9.17) is 25.5 Å². The molecule has 138 valence electrons. The van der Waals surface area contributed by atoms with Crippen LogP contribution in [-0.4, -0.2) is 39.8 Å². The minimum Gasteiger partial charge on any atom is -0.409 e. The summed E-state index contributed by atoms with van der Waals surface area (Å²) in [6.45, 7) is 8.21. The van der Waals surface area contributed by atoms with E-state index < -0.39 is 5.79 Å². The molecule has 0 amide bonds. The molecule has 1 spiro atoms. The number of aryl methyl sites for hydroxylation is 1. The second-order valence-electron chi connectivity index (χ2n) is 8.46. The second kappa shape index (κ2) is 5.20. The van der Waals surface area contributed by atoms with Gasteiger partial charge >= 0.3 is 0 Å². The molecule has 1 aromatic heterocycles. The van der Waals surface area contributed by atoms with E-state index in [1.807, 2.05) is 7.05 Å². The average Bonchev–Trinajstić information content (AvgIpc) is 3.17. The largest absolute Gasteiger partial charge is 0.409 e. The number of aromatic nitrogens is 2. The summed E-state index contributed by atoms with van der Waals surface area (Å²) < 4.78 is 14.0. The van der Waals surface area contributed by atoms with Gasteiger partial charge in [-0.05, 0) is 25.2 Å². The fourth-order valence-electron chi connectivity index (χ4n) is 5.84. The molecule has 3 N–H and O–H groups in total. The van der Waals surface area contributed by atoms with Crippen LogP contribution >= 0.6 is 0 Å². The van der Waals surface area contributed by atoms with Gasteiger partial charge in [-0.3, -0.25) is 4.68 Å². The Balaban J connectivity index is 1.82. The monoisotopic (exact) mass is 348 g/mol. The van der Waals surface area contributed by atoms with Crippen LogP contribution in [0.15, 0.2) is 5.16 Å². The van der Waals surface area contributed by atoms with Gasteiger partial charge in [-0.1, -0.05) is 25.9 Å². The number of ether oxygens (including phenoxy) is 2. The van der Waals surface area contributed by atoms with Gasteiger partial charge in [-0.25, -0.2) is 0 Å². The molecule has 1 saturated heterocycles. The number of nitrogens with zero attached hydrogens (tertiary/aromatic N) is 3. The lowest BCUT2D eigenvalue weighted by Gasteiger charge is -2.59. The summed E-state index contributed by atoms with van der Waals surface area (Å²) in [5.74, 6) is 0.0550. The van der Waals surface area contributed by atoms with Crippen molar-refractivity contribution >= 4 is 5.84 Å². The topological polar surface area (TPSA) is 94.9 Å². The van der Waals surface area contributed by atoms with Gasteiger partial charge in [0.05, 0.1) is 18.9 Å². The van der Waals surface area contributed by atoms with Crippen LogP contribution in [0.2, 0.25) is 0 Å². The van der Waals surface area contributed by atoms with Crippen LogP contribution < -0.4 is 5.73 Å². The average molecular weight is 348 g/mol. The second-order valence-corrected chi connectivity index (χ2v) is 8.46. The Morgan fingerprint density at radius 1 is 1.28 bits per heavy atom. The highest BCUT2D eigenvalue weighted by Gasteiger charge is 2.64. The number of nitrogens with two attached hydrogens (primary N) is 1. The van der Waals surface area contributed by atoms with E-state index in [1.54, 1.807) is 4.68 Å². The van der Waals surface area contributed by atoms with Crippen LogP contribution in [0.5, 0.6) is 0 Å². The van der Waals surface area contributed by atoms with Crippen LogP contribution in [0.25, 0.3) is 0 Å². The Hall–Kier alpha value is -1.60. The molecule has 3 aliphatic rings. The van der Waals surface area contributed by atoms with Crippen molar-refractivity contribution in [1.29, 1.82) is 0 Å². The molecule has 7 nitrogen and oxygen atoms in total. The Bertz CT molecular complexity index is 733. The van der Waals surface area contributed by atoms with Crippen molar-refractivity contribution in [2.24, 2.45) is 29.3 Å². The highest BCUT2D eigenvalue weighted by molar-refractivity contribution is 5.97. The molecule has 2 aliphatic carbocycles. The van der Waals surface area contributed by atoms with Crippen LogP contribution in [0, 0.1) is 11.3 Å². The van der Waals surface area contributed by atoms with Crippen LogP contribution in [0.1, 0.15) is 57.0 Å². The normalized spacial score (nSPS) is 33.3. The summed E-state index contributed by atoms with van der Waals surface area (Å²) in [6, 6.07) is 0. The lowest BCUT2D eigenvalue weighted by atomic mass is 9.49. The van der Waals surface area contributed by atoms with Gasteiger partial charge in [0.25, 0.3) is 0 Å². The SMILES string of the molecule is Cn1nc2c(c1C(N)=NO)CC[C@H]1C(C)(C)C3(CC[C@]21C)OCCO3. The lowest BCUT2D eigenvalue weighted by molar-refractivity contribution is -0.276. The molecule has 1 aliphatic heterocycles. The Kier molecular flexibility index (Phi) is 3.51. The first-order chi connectivity index (χ1) is 11.8. The maximum Gasteiger partial charge on any atom is 0.188 e. The third-order valence-corrected chi connectivity index (χ3v) is 7.07. The van der Waals surface area contributed by atoms with Gasteiger partial charge in [0, 0.05) is 29.9 Å². The van der Waals surface area contributed by atoms with Crippen LogP contribution in [0.3, 0.4) is 0 Å². The predicted octanol–water partition coefficient (Wildman–Crippen LogP) is 1.90. The molecule has 7 heteroatoms. The van der Waals surface area contributed by atoms with E-state index in [0.717, 1.165) is 42.6 Å². The first-order valence-electron chi connectivity index (χ1n) is 9.09. The molecular formula is C18H28N4O3. The summed E-state index contributed by atoms with van der Waals surface area (Å²) in [4.78, 5) is 0. The van der Waals surface area contributed by atoms with Crippen LogP contribution in [-0.2, 0) is 28.4 Å². The van der Waals surface area contributed by atoms with Crippen LogP contribution in [0.4, 0.5) is 0 Å².